The fourth-order valence-electron chi connectivity index (χ4n) is 3.16. The maximum Gasteiger partial charge on any atom is 0.339 e. The Hall–Kier alpha value is -3.43. The lowest BCUT2D eigenvalue weighted by atomic mass is 10.1. The number of thioether (sulfide) groups is 1. The predicted molar refractivity (Wildman–Crippen MR) is 133 cm³/mol. The third-order valence-electron chi connectivity index (χ3n) is 4.72. The molecule has 1 heterocycles. The van der Waals surface area contributed by atoms with Crippen LogP contribution < -0.4 is 5.32 Å². The van der Waals surface area contributed by atoms with Gasteiger partial charge in [-0.2, -0.15) is 0 Å². The van der Waals surface area contributed by atoms with Crippen molar-refractivity contribution in [3.8, 4) is 5.75 Å². The van der Waals surface area contributed by atoms with Gasteiger partial charge in [-0.05, 0) is 48.8 Å². The molecule has 3 rings (SSSR count). The topological polar surface area (TPSA) is 107 Å². The van der Waals surface area contributed by atoms with E-state index in [-0.39, 0.29) is 35.2 Å². The second-order valence-corrected chi connectivity index (χ2v) is 9.00. The van der Waals surface area contributed by atoms with Crippen molar-refractivity contribution in [2.45, 2.75) is 19.8 Å². The summed E-state index contributed by atoms with van der Waals surface area (Å²) in [4.78, 5) is 38.1. The highest BCUT2D eigenvalue weighted by molar-refractivity contribution is 8.26. The number of aromatic carboxylic acids is 1. The first-order chi connectivity index (χ1) is 15.7. The number of hydrogen-bond acceptors (Lipinski definition) is 6. The Balaban J connectivity index is 1.54. The molecule has 33 heavy (non-hydrogen) atoms. The average Bonchev–Trinajstić information content (AvgIpc) is 3.02. The van der Waals surface area contributed by atoms with Crippen LogP contribution in [0.1, 0.15) is 35.7 Å². The summed E-state index contributed by atoms with van der Waals surface area (Å²) in [6.45, 7) is 2.22. The smallest absolute Gasteiger partial charge is 0.339 e. The number of carbonyl (C=O) groups excluding carboxylic acids is 2. The lowest BCUT2D eigenvalue weighted by molar-refractivity contribution is -0.122. The van der Waals surface area contributed by atoms with Gasteiger partial charge in [0.05, 0.1) is 4.91 Å². The van der Waals surface area contributed by atoms with E-state index in [1.807, 2.05) is 49.4 Å². The lowest BCUT2D eigenvalue weighted by Crippen LogP contribution is -2.29. The van der Waals surface area contributed by atoms with E-state index in [2.05, 4.69) is 5.32 Å². The number of nitrogens with zero attached hydrogens (tertiary/aromatic N) is 1. The van der Waals surface area contributed by atoms with Gasteiger partial charge in [0.2, 0.25) is 5.91 Å². The van der Waals surface area contributed by atoms with E-state index in [4.69, 9.17) is 17.3 Å². The number of anilines is 1. The molecule has 0 aliphatic carbocycles. The predicted octanol–water partition coefficient (Wildman–Crippen LogP) is 4.66. The van der Waals surface area contributed by atoms with Crippen molar-refractivity contribution >= 4 is 57.8 Å². The first kappa shape index (κ1) is 24.2. The summed E-state index contributed by atoms with van der Waals surface area (Å²) in [5.41, 5.74) is 1.94. The molecule has 1 aliphatic rings. The van der Waals surface area contributed by atoms with Gasteiger partial charge in [-0.15, -0.1) is 0 Å². The van der Waals surface area contributed by atoms with Gasteiger partial charge in [-0.3, -0.25) is 14.5 Å². The number of thiocarbonyl (C=S) groups is 1. The molecule has 0 aromatic heterocycles. The molecule has 170 valence electrons. The summed E-state index contributed by atoms with van der Waals surface area (Å²) in [5.74, 6) is -2.19. The summed E-state index contributed by atoms with van der Waals surface area (Å²) >= 11 is 6.58. The number of allylic oxidation sites excluding steroid dienone is 2. The molecular weight excluding hydrogens is 460 g/mol. The first-order valence-corrected chi connectivity index (χ1v) is 11.3. The van der Waals surface area contributed by atoms with Crippen LogP contribution in [-0.4, -0.2) is 43.8 Å². The molecule has 1 fully saturated rings. The molecule has 0 atom stereocenters. The number of hydrogen-bond donors (Lipinski definition) is 3. The minimum absolute atomic E-state index is 0.117. The van der Waals surface area contributed by atoms with Crippen LogP contribution >= 0.6 is 24.0 Å². The van der Waals surface area contributed by atoms with Crippen LogP contribution in [0.3, 0.4) is 0 Å². The van der Waals surface area contributed by atoms with Crippen LogP contribution in [0, 0.1) is 0 Å². The molecule has 9 heteroatoms. The highest BCUT2D eigenvalue weighted by atomic mass is 32.2. The monoisotopic (exact) mass is 482 g/mol. The summed E-state index contributed by atoms with van der Waals surface area (Å²) in [6, 6.07) is 13.6. The second-order valence-electron chi connectivity index (χ2n) is 7.32. The van der Waals surface area contributed by atoms with Crippen LogP contribution in [0.5, 0.6) is 5.75 Å². The minimum atomic E-state index is -1.29. The molecule has 0 saturated carbocycles. The largest absolute Gasteiger partial charge is 0.507 e. The first-order valence-electron chi connectivity index (χ1n) is 10.1. The van der Waals surface area contributed by atoms with Crippen molar-refractivity contribution in [3.05, 3.63) is 76.2 Å². The number of amides is 2. The zero-order valence-corrected chi connectivity index (χ0v) is 19.4. The summed E-state index contributed by atoms with van der Waals surface area (Å²) in [6.07, 6.45) is 4.29. The van der Waals surface area contributed by atoms with E-state index in [0.717, 1.165) is 11.1 Å². The van der Waals surface area contributed by atoms with Crippen molar-refractivity contribution in [2.24, 2.45) is 0 Å². The SMILES string of the molecule is CC(/C=C1\SC(=S)N(CCCC(=O)Nc2ccc(O)c(C(=O)O)c2)C1=O)=C\c1ccccc1. The summed E-state index contributed by atoms with van der Waals surface area (Å²) in [7, 11) is 0. The third kappa shape index (κ3) is 6.53. The fraction of sp³-hybridized carbons (Fsp3) is 0.167. The maximum absolute atomic E-state index is 12.7. The molecule has 1 saturated heterocycles. The number of carboxylic acid groups (broad SMARTS) is 1. The molecule has 2 amide bonds. The molecular formula is C24H22N2O5S2. The molecule has 2 aromatic rings. The Bertz CT molecular complexity index is 1160. The van der Waals surface area contributed by atoms with Crippen LogP contribution in [0.25, 0.3) is 6.08 Å². The van der Waals surface area contributed by atoms with E-state index in [1.165, 1.54) is 34.9 Å². The Morgan fingerprint density at radius 3 is 2.61 bits per heavy atom. The van der Waals surface area contributed by atoms with E-state index in [1.54, 1.807) is 0 Å². The zero-order valence-electron chi connectivity index (χ0n) is 17.8. The molecule has 1 aliphatic heterocycles. The zero-order chi connectivity index (χ0) is 24.0. The van der Waals surface area contributed by atoms with Gasteiger partial charge in [-0.1, -0.05) is 60.4 Å². The van der Waals surface area contributed by atoms with E-state index >= 15 is 0 Å². The second kappa shape index (κ2) is 10.9. The van der Waals surface area contributed by atoms with Crippen molar-refractivity contribution < 1.29 is 24.6 Å². The van der Waals surface area contributed by atoms with Crippen LogP contribution in [0.4, 0.5) is 5.69 Å². The number of nitrogens with one attached hydrogen (secondary N) is 1. The number of carbonyl (C=O) groups is 3. The standard InChI is InChI=1S/C24H22N2O5S2/c1-15(12-16-6-3-2-4-7-16)13-20-22(29)26(24(32)33-20)11-5-8-21(28)25-17-9-10-19(27)18(14-17)23(30)31/h2-4,6-7,9-10,12-14,27H,5,8,11H2,1H3,(H,25,28)(H,30,31)/b15-12+,20-13-. The molecule has 2 aromatic carbocycles. The summed E-state index contributed by atoms with van der Waals surface area (Å²) < 4.78 is 0.448. The van der Waals surface area contributed by atoms with Gasteiger partial charge in [0.1, 0.15) is 15.6 Å². The normalized spacial score (nSPS) is 15.2. The van der Waals surface area contributed by atoms with Crippen LogP contribution in [-0.2, 0) is 9.59 Å². The maximum atomic E-state index is 12.7. The van der Waals surface area contributed by atoms with Crippen LogP contribution in [0.2, 0.25) is 0 Å². The van der Waals surface area contributed by atoms with Crippen LogP contribution in [0.15, 0.2) is 65.1 Å². The molecule has 0 unspecified atom stereocenters. The van der Waals surface area contributed by atoms with Gasteiger partial charge in [0.25, 0.3) is 5.91 Å². The molecule has 3 N–H and O–H groups in total. The Kier molecular flexibility index (Phi) is 8.02. The highest BCUT2D eigenvalue weighted by Gasteiger charge is 2.31. The number of phenols is 1. The van der Waals surface area contributed by atoms with Gasteiger partial charge < -0.3 is 15.5 Å². The van der Waals surface area contributed by atoms with Crippen molar-refractivity contribution in [2.75, 3.05) is 11.9 Å². The van der Waals surface area contributed by atoms with E-state index in [9.17, 15) is 19.5 Å². The number of benzene rings is 2. The Labute approximate surface area is 200 Å². The third-order valence-corrected chi connectivity index (χ3v) is 6.10. The fourth-order valence-corrected chi connectivity index (χ4v) is 4.52. The van der Waals surface area contributed by atoms with Gasteiger partial charge >= 0.3 is 5.97 Å². The van der Waals surface area contributed by atoms with Gasteiger partial charge in [-0.25, -0.2) is 4.79 Å². The minimum Gasteiger partial charge on any atom is -0.507 e. The van der Waals surface area contributed by atoms with Gasteiger partial charge in [0.15, 0.2) is 0 Å². The number of rotatable bonds is 8. The van der Waals surface area contributed by atoms with Crippen molar-refractivity contribution in [1.82, 2.24) is 4.90 Å². The quantitative estimate of drug-likeness (QED) is 0.285. The number of carboxylic acids is 1. The lowest BCUT2D eigenvalue weighted by Gasteiger charge is -2.14. The Morgan fingerprint density at radius 1 is 1.18 bits per heavy atom. The Morgan fingerprint density at radius 2 is 1.91 bits per heavy atom. The van der Waals surface area contributed by atoms with E-state index in [0.29, 0.717) is 22.2 Å². The van der Waals surface area contributed by atoms with Crippen molar-refractivity contribution in [1.29, 1.82) is 0 Å². The molecule has 0 radical (unpaired) electrons. The molecule has 7 nitrogen and oxygen atoms in total. The highest BCUT2D eigenvalue weighted by Crippen LogP contribution is 2.32. The number of aromatic hydroxyl groups is 1. The summed E-state index contributed by atoms with van der Waals surface area (Å²) in [5, 5.41) is 21.2. The van der Waals surface area contributed by atoms with E-state index < -0.39 is 5.97 Å². The van der Waals surface area contributed by atoms with Crippen molar-refractivity contribution in [3.63, 3.8) is 0 Å². The average molecular weight is 483 g/mol. The molecule has 0 spiro atoms. The molecule has 0 bridgehead atoms. The van der Waals surface area contributed by atoms with Gasteiger partial charge in [0, 0.05) is 18.7 Å².